The lowest BCUT2D eigenvalue weighted by Crippen LogP contribution is -2.44. The standard InChI is InChI=1S/C10H14N6O2/c1-18-10-14-7-6(8(17)15-10)12-9(13-7)16-4-2-11-3-5-16/h11H,2-5H2,1H3,(H2,12,13,14,15,17). The Labute approximate surface area is 102 Å². The number of hydrogen-bond donors (Lipinski definition) is 3. The van der Waals surface area contributed by atoms with Gasteiger partial charge in [0.05, 0.1) is 7.11 Å². The second-order valence-electron chi connectivity index (χ2n) is 4.07. The minimum Gasteiger partial charge on any atom is -0.468 e. The number of nitrogens with one attached hydrogen (secondary N) is 3. The molecule has 0 saturated carbocycles. The molecule has 2 aromatic heterocycles. The number of methoxy groups -OCH3 is 1. The Balaban J connectivity index is 2.04. The van der Waals surface area contributed by atoms with Crippen molar-refractivity contribution in [3.05, 3.63) is 10.4 Å². The van der Waals surface area contributed by atoms with E-state index < -0.39 is 0 Å². The number of H-pyrrole nitrogens is 2. The van der Waals surface area contributed by atoms with Gasteiger partial charge in [0.25, 0.3) is 11.6 Å². The van der Waals surface area contributed by atoms with Gasteiger partial charge in [-0.2, -0.15) is 9.97 Å². The third-order valence-electron chi connectivity index (χ3n) is 2.94. The highest BCUT2D eigenvalue weighted by molar-refractivity contribution is 5.72. The highest BCUT2D eigenvalue weighted by Gasteiger charge is 2.16. The molecule has 18 heavy (non-hydrogen) atoms. The summed E-state index contributed by atoms with van der Waals surface area (Å²) in [6.45, 7) is 3.53. The number of aromatic amines is 2. The zero-order valence-electron chi connectivity index (χ0n) is 9.99. The molecule has 0 atom stereocenters. The largest absolute Gasteiger partial charge is 0.468 e. The molecule has 0 aliphatic carbocycles. The van der Waals surface area contributed by atoms with E-state index in [4.69, 9.17) is 4.74 Å². The summed E-state index contributed by atoms with van der Waals surface area (Å²) in [6, 6.07) is 0.172. The molecule has 0 bridgehead atoms. The molecule has 0 amide bonds. The number of imidazole rings is 1. The predicted molar refractivity (Wildman–Crippen MR) is 66.1 cm³/mol. The summed E-state index contributed by atoms with van der Waals surface area (Å²) in [7, 11) is 1.45. The zero-order chi connectivity index (χ0) is 12.5. The predicted octanol–water partition coefficient (Wildman–Crippen LogP) is -0.936. The van der Waals surface area contributed by atoms with E-state index in [1.165, 1.54) is 7.11 Å². The van der Waals surface area contributed by atoms with E-state index in [1.54, 1.807) is 0 Å². The molecule has 1 aliphatic heterocycles. The zero-order valence-corrected chi connectivity index (χ0v) is 9.99. The van der Waals surface area contributed by atoms with Crippen LogP contribution in [0.4, 0.5) is 5.95 Å². The van der Waals surface area contributed by atoms with Crippen LogP contribution in [0.5, 0.6) is 6.01 Å². The maximum absolute atomic E-state index is 11.8. The fraction of sp³-hybridized carbons (Fsp3) is 0.500. The fourth-order valence-corrected chi connectivity index (χ4v) is 2.00. The topological polar surface area (TPSA) is 98.9 Å². The fourth-order valence-electron chi connectivity index (χ4n) is 2.00. The van der Waals surface area contributed by atoms with Crippen LogP contribution in [0.15, 0.2) is 4.79 Å². The van der Waals surface area contributed by atoms with Crippen LogP contribution in [0.25, 0.3) is 11.2 Å². The number of fused-ring (bicyclic) bond motifs is 1. The molecule has 0 unspecified atom stereocenters. The average Bonchev–Trinajstić information content (AvgIpc) is 2.84. The van der Waals surface area contributed by atoms with Crippen molar-refractivity contribution in [3.63, 3.8) is 0 Å². The van der Waals surface area contributed by atoms with Gasteiger partial charge in [-0.1, -0.05) is 0 Å². The molecule has 96 valence electrons. The maximum Gasteiger partial charge on any atom is 0.298 e. The van der Waals surface area contributed by atoms with E-state index in [2.05, 4.69) is 30.2 Å². The van der Waals surface area contributed by atoms with Crippen LogP contribution < -0.4 is 20.5 Å². The molecule has 3 heterocycles. The Morgan fingerprint density at radius 3 is 2.72 bits per heavy atom. The summed E-state index contributed by atoms with van der Waals surface area (Å²) in [5.74, 6) is 0.678. The molecule has 1 saturated heterocycles. The van der Waals surface area contributed by atoms with Crippen LogP contribution in [-0.4, -0.2) is 53.2 Å². The normalized spacial score (nSPS) is 16.2. The molecule has 0 aromatic carbocycles. The van der Waals surface area contributed by atoms with Crippen LogP contribution in [0, 0.1) is 0 Å². The van der Waals surface area contributed by atoms with E-state index in [0.29, 0.717) is 17.1 Å². The maximum atomic E-state index is 11.8. The quantitative estimate of drug-likeness (QED) is 0.636. The van der Waals surface area contributed by atoms with Gasteiger partial charge < -0.3 is 19.9 Å². The molecule has 3 rings (SSSR count). The van der Waals surface area contributed by atoms with Crippen molar-refractivity contribution in [1.29, 1.82) is 0 Å². The molecule has 0 spiro atoms. The lowest BCUT2D eigenvalue weighted by Gasteiger charge is -2.26. The van der Waals surface area contributed by atoms with Crippen LogP contribution in [0.1, 0.15) is 0 Å². The number of anilines is 1. The van der Waals surface area contributed by atoms with Gasteiger partial charge in [0.1, 0.15) is 0 Å². The van der Waals surface area contributed by atoms with Crippen LogP contribution in [0.2, 0.25) is 0 Å². The first-order chi connectivity index (χ1) is 8.78. The van der Waals surface area contributed by atoms with Crippen molar-refractivity contribution in [2.75, 3.05) is 38.2 Å². The van der Waals surface area contributed by atoms with E-state index in [9.17, 15) is 4.79 Å². The van der Waals surface area contributed by atoms with Crippen molar-refractivity contribution in [2.45, 2.75) is 0 Å². The first-order valence-corrected chi connectivity index (χ1v) is 5.77. The molecule has 0 radical (unpaired) electrons. The summed E-state index contributed by atoms with van der Waals surface area (Å²) in [5, 5.41) is 3.26. The van der Waals surface area contributed by atoms with E-state index >= 15 is 0 Å². The smallest absolute Gasteiger partial charge is 0.298 e. The third-order valence-corrected chi connectivity index (χ3v) is 2.94. The number of nitrogens with zero attached hydrogens (tertiary/aromatic N) is 3. The summed E-state index contributed by atoms with van der Waals surface area (Å²) >= 11 is 0. The van der Waals surface area contributed by atoms with Crippen LogP contribution in [0.3, 0.4) is 0 Å². The Hall–Kier alpha value is -2.09. The Kier molecular flexibility index (Phi) is 2.63. The Morgan fingerprint density at radius 1 is 1.22 bits per heavy atom. The third kappa shape index (κ3) is 1.80. The highest BCUT2D eigenvalue weighted by atomic mass is 16.5. The number of aromatic nitrogens is 4. The first kappa shape index (κ1) is 11.0. The monoisotopic (exact) mass is 250 g/mol. The molecular weight excluding hydrogens is 236 g/mol. The van der Waals surface area contributed by atoms with Crippen molar-refractivity contribution in [1.82, 2.24) is 25.3 Å². The molecule has 1 aliphatic rings. The molecule has 1 fully saturated rings. The molecule has 3 N–H and O–H groups in total. The summed E-state index contributed by atoms with van der Waals surface area (Å²) < 4.78 is 4.91. The van der Waals surface area contributed by atoms with Crippen LogP contribution in [-0.2, 0) is 0 Å². The minimum atomic E-state index is -0.272. The lowest BCUT2D eigenvalue weighted by atomic mass is 10.4. The van der Waals surface area contributed by atoms with Gasteiger partial charge in [0.15, 0.2) is 11.2 Å². The Bertz CT molecular complexity index is 612. The van der Waals surface area contributed by atoms with Crippen molar-refractivity contribution < 1.29 is 4.74 Å². The van der Waals surface area contributed by atoms with Gasteiger partial charge in [-0.15, -0.1) is 0 Å². The van der Waals surface area contributed by atoms with Crippen molar-refractivity contribution >= 4 is 17.1 Å². The number of hydrogen-bond acceptors (Lipinski definition) is 6. The molecular formula is C10H14N6O2. The van der Waals surface area contributed by atoms with Gasteiger partial charge in [0, 0.05) is 26.2 Å². The molecule has 2 aromatic rings. The van der Waals surface area contributed by atoms with E-state index in [1.807, 2.05) is 0 Å². The van der Waals surface area contributed by atoms with Gasteiger partial charge >= 0.3 is 0 Å². The number of piperazine rings is 1. The van der Waals surface area contributed by atoms with E-state index in [-0.39, 0.29) is 11.6 Å². The summed E-state index contributed by atoms with van der Waals surface area (Å²) in [5.41, 5.74) is 0.485. The summed E-state index contributed by atoms with van der Waals surface area (Å²) in [6.07, 6.45) is 0. The van der Waals surface area contributed by atoms with Crippen molar-refractivity contribution in [3.8, 4) is 6.01 Å². The lowest BCUT2D eigenvalue weighted by molar-refractivity contribution is 0.380. The number of ether oxygens (including phenoxy) is 1. The Morgan fingerprint density at radius 2 is 2.00 bits per heavy atom. The second kappa shape index (κ2) is 4.30. The second-order valence-corrected chi connectivity index (χ2v) is 4.07. The van der Waals surface area contributed by atoms with Gasteiger partial charge in [-0.3, -0.25) is 9.78 Å². The number of rotatable bonds is 2. The van der Waals surface area contributed by atoms with Gasteiger partial charge in [-0.05, 0) is 0 Å². The van der Waals surface area contributed by atoms with Gasteiger partial charge in [-0.25, -0.2) is 0 Å². The first-order valence-electron chi connectivity index (χ1n) is 5.77. The molecule has 8 nitrogen and oxygen atoms in total. The minimum absolute atomic E-state index is 0.172. The average molecular weight is 250 g/mol. The van der Waals surface area contributed by atoms with Gasteiger partial charge in [0.2, 0.25) is 5.95 Å². The molecule has 8 heteroatoms. The van der Waals surface area contributed by atoms with E-state index in [0.717, 1.165) is 26.2 Å². The van der Waals surface area contributed by atoms with Crippen molar-refractivity contribution in [2.24, 2.45) is 0 Å². The summed E-state index contributed by atoms with van der Waals surface area (Å²) in [4.78, 5) is 27.8. The van der Waals surface area contributed by atoms with Crippen LogP contribution >= 0.6 is 0 Å². The highest BCUT2D eigenvalue weighted by Crippen LogP contribution is 2.14. The SMILES string of the molecule is COc1nc2nc(N3CCNCC3)[nH]c2c(=O)[nH]1.